The lowest BCUT2D eigenvalue weighted by molar-refractivity contribution is 0.597. The van der Waals surface area contributed by atoms with Gasteiger partial charge >= 0.3 is 0 Å². The number of aromatic amines is 1. The molecule has 0 spiro atoms. The molecule has 0 atom stereocenters. The fraction of sp³-hybridized carbons (Fsp3) is 0.111. The van der Waals surface area contributed by atoms with Crippen molar-refractivity contribution in [3.8, 4) is 5.69 Å². The molecule has 0 unspecified atom stereocenters. The second-order valence-electron chi connectivity index (χ2n) is 3.45. The number of hydrogen-bond acceptors (Lipinski definition) is 4. The summed E-state index contributed by atoms with van der Waals surface area (Å²) in [6.07, 6.45) is 0. The summed E-state index contributed by atoms with van der Waals surface area (Å²) < 4.78 is 24.5. The number of nitrogens with one attached hydrogen (secondary N) is 1. The Morgan fingerprint density at radius 3 is 2.71 bits per heavy atom. The van der Waals surface area contributed by atoms with Crippen LogP contribution >= 0.6 is 12.2 Å². The fourth-order valence-electron chi connectivity index (χ4n) is 1.48. The molecule has 8 heteroatoms. The van der Waals surface area contributed by atoms with Crippen LogP contribution in [-0.2, 0) is 10.0 Å². The number of aryl methyl sites for hydroxylation is 1. The van der Waals surface area contributed by atoms with Crippen molar-refractivity contribution in [2.45, 2.75) is 11.8 Å². The molecule has 0 aliphatic carbocycles. The zero-order valence-electron chi connectivity index (χ0n) is 8.91. The van der Waals surface area contributed by atoms with Crippen LogP contribution in [0.2, 0.25) is 0 Å². The van der Waals surface area contributed by atoms with Crippen molar-refractivity contribution in [2.75, 3.05) is 0 Å². The van der Waals surface area contributed by atoms with Gasteiger partial charge in [-0.3, -0.25) is 9.67 Å². The molecule has 1 aromatic carbocycles. The summed E-state index contributed by atoms with van der Waals surface area (Å²) in [5.74, 6) is 0.640. The first-order chi connectivity index (χ1) is 7.89. The van der Waals surface area contributed by atoms with Gasteiger partial charge in [-0.15, -0.1) is 0 Å². The molecule has 2 rings (SSSR count). The third-order valence-corrected chi connectivity index (χ3v) is 3.43. The van der Waals surface area contributed by atoms with E-state index in [0.717, 1.165) is 0 Å². The maximum absolute atomic E-state index is 11.2. The number of nitrogens with two attached hydrogens (primary N) is 1. The Morgan fingerprint density at radius 2 is 2.18 bits per heavy atom. The molecule has 90 valence electrons. The maximum Gasteiger partial charge on any atom is 0.238 e. The standard InChI is InChI=1S/C9H10N4O2S2/c1-6-11-12-9(16)13(6)7-3-2-4-8(5-7)17(10,14)15/h2-5H,1H3,(H,12,16)(H2,10,14,15). The first kappa shape index (κ1) is 12.0. The second-order valence-corrected chi connectivity index (χ2v) is 5.40. The van der Waals surface area contributed by atoms with E-state index in [4.69, 9.17) is 17.4 Å². The maximum atomic E-state index is 11.2. The van der Waals surface area contributed by atoms with Crippen LogP contribution < -0.4 is 5.14 Å². The Kier molecular flexibility index (Phi) is 2.86. The number of rotatable bonds is 2. The van der Waals surface area contributed by atoms with Gasteiger partial charge in [0.05, 0.1) is 10.6 Å². The zero-order valence-corrected chi connectivity index (χ0v) is 10.5. The van der Waals surface area contributed by atoms with Gasteiger partial charge in [0.1, 0.15) is 5.82 Å². The molecule has 0 saturated carbocycles. The largest absolute Gasteiger partial charge is 0.272 e. The minimum Gasteiger partial charge on any atom is -0.272 e. The van der Waals surface area contributed by atoms with E-state index < -0.39 is 10.0 Å². The predicted octanol–water partition coefficient (Wildman–Crippen LogP) is 0.886. The van der Waals surface area contributed by atoms with Gasteiger partial charge in [-0.25, -0.2) is 13.6 Å². The Hall–Kier alpha value is -1.51. The van der Waals surface area contributed by atoms with Crippen molar-refractivity contribution in [3.05, 3.63) is 34.9 Å². The molecule has 6 nitrogen and oxygen atoms in total. The van der Waals surface area contributed by atoms with Gasteiger partial charge in [0.15, 0.2) is 4.77 Å². The number of nitrogens with zero attached hydrogens (tertiary/aromatic N) is 2. The molecule has 3 N–H and O–H groups in total. The molecule has 0 saturated heterocycles. The highest BCUT2D eigenvalue weighted by Gasteiger charge is 2.10. The molecule has 0 fully saturated rings. The molecule has 17 heavy (non-hydrogen) atoms. The normalized spacial score (nSPS) is 11.6. The van der Waals surface area contributed by atoms with Crippen molar-refractivity contribution in [2.24, 2.45) is 5.14 Å². The van der Waals surface area contributed by atoms with Crippen LogP contribution in [0.1, 0.15) is 5.82 Å². The van der Waals surface area contributed by atoms with Crippen molar-refractivity contribution in [3.63, 3.8) is 0 Å². The van der Waals surface area contributed by atoms with Gasteiger partial charge in [0, 0.05) is 0 Å². The van der Waals surface area contributed by atoms with Crippen LogP contribution in [0.15, 0.2) is 29.2 Å². The van der Waals surface area contributed by atoms with Gasteiger partial charge in [-0.2, -0.15) is 5.10 Å². The van der Waals surface area contributed by atoms with Crippen LogP contribution in [-0.4, -0.2) is 23.2 Å². The van der Waals surface area contributed by atoms with Crippen LogP contribution in [0.25, 0.3) is 5.69 Å². The molecule has 0 amide bonds. The predicted molar refractivity (Wildman–Crippen MR) is 64.9 cm³/mol. The molecule has 1 heterocycles. The number of primary sulfonamides is 1. The quantitative estimate of drug-likeness (QED) is 0.792. The van der Waals surface area contributed by atoms with E-state index in [1.807, 2.05) is 0 Å². The molecular formula is C9H10N4O2S2. The number of aromatic nitrogens is 3. The molecule has 1 aromatic heterocycles. The van der Waals surface area contributed by atoms with Crippen molar-refractivity contribution >= 4 is 22.2 Å². The summed E-state index contributed by atoms with van der Waals surface area (Å²) in [5.41, 5.74) is 0.604. The Morgan fingerprint density at radius 1 is 1.47 bits per heavy atom. The Bertz CT molecular complexity index is 715. The van der Waals surface area contributed by atoms with Crippen LogP contribution in [0.5, 0.6) is 0 Å². The van der Waals surface area contributed by atoms with Gasteiger partial charge in [-0.1, -0.05) is 6.07 Å². The number of hydrogen-bond donors (Lipinski definition) is 2. The molecule has 2 aromatic rings. The molecule has 0 aliphatic heterocycles. The highest BCUT2D eigenvalue weighted by atomic mass is 32.2. The second kappa shape index (κ2) is 4.06. The topological polar surface area (TPSA) is 93.8 Å². The summed E-state index contributed by atoms with van der Waals surface area (Å²) in [6.45, 7) is 1.76. The highest BCUT2D eigenvalue weighted by molar-refractivity contribution is 7.89. The van der Waals surface area contributed by atoms with Gasteiger partial charge < -0.3 is 0 Å². The van der Waals surface area contributed by atoms with Crippen LogP contribution in [0, 0.1) is 11.7 Å². The van der Waals surface area contributed by atoms with E-state index in [1.165, 1.54) is 12.1 Å². The lowest BCUT2D eigenvalue weighted by atomic mass is 10.3. The summed E-state index contributed by atoms with van der Waals surface area (Å²) in [6, 6.07) is 6.21. The summed E-state index contributed by atoms with van der Waals surface area (Å²) >= 11 is 5.06. The van der Waals surface area contributed by atoms with E-state index in [0.29, 0.717) is 16.3 Å². The van der Waals surface area contributed by atoms with E-state index in [2.05, 4.69) is 10.2 Å². The SMILES string of the molecule is Cc1n[nH]c(=S)n1-c1cccc(S(N)(=O)=O)c1. The fourth-order valence-corrected chi connectivity index (χ4v) is 2.32. The number of benzene rings is 1. The first-order valence-corrected chi connectivity index (χ1v) is 6.62. The highest BCUT2D eigenvalue weighted by Crippen LogP contribution is 2.15. The zero-order chi connectivity index (χ0) is 12.6. The number of H-pyrrole nitrogens is 1. The first-order valence-electron chi connectivity index (χ1n) is 4.67. The van der Waals surface area contributed by atoms with Gasteiger partial charge in [0.2, 0.25) is 10.0 Å². The monoisotopic (exact) mass is 270 g/mol. The molecular weight excluding hydrogens is 260 g/mol. The Labute approximate surface area is 103 Å². The van der Waals surface area contributed by atoms with Crippen LogP contribution in [0.4, 0.5) is 0 Å². The summed E-state index contributed by atoms with van der Waals surface area (Å²) in [4.78, 5) is 0.0394. The van der Waals surface area contributed by atoms with Crippen molar-refractivity contribution in [1.82, 2.24) is 14.8 Å². The third kappa shape index (κ3) is 2.28. The van der Waals surface area contributed by atoms with E-state index >= 15 is 0 Å². The smallest absolute Gasteiger partial charge is 0.238 e. The minimum absolute atomic E-state index is 0.0394. The summed E-state index contributed by atoms with van der Waals surface area (Å²) in [5, 5.41) is 11.6. The average molecular weight is 270 g/mol. The van der Waals surface area contributed by atoms with E-state index in [9.17, 15) is 8.42 Å². The Balaban J connectivity index is 2.67. The lowest BCUT2D eigenvalue weighted by Gasteiger charge is -2.05. The summed E-state index contributed by atoms with van der Waals surface area (Å²) in [7, 11) is -3.72. The van der Waals surface area contributed by atoms with Crippen LogP contribution in [0.3, 0.4) is 0 Å². The number of sulfonamides is 1. The van der Waals surface area contributed by atoms with Crippen molar-refractivity contribution < 1.29 is 8.42 Å². The van der Waals surface area contributed by atoms with Gasteiger partial charge in [0.25, 0.3) is 0 Å². The van der Waals surface area contributed by atoms with E-state index in [-0.39, 0.29) is 4.90 Å². The van der Waals surface area contributed by atoms with Gasteiger partial charge in [-0.05, 0) is 37.3 Å². The molecule has 0 radical (unpaired) electrons. The molecule has 0 aliphatic rings. The lowest BCUT2D eigenvalue weighted by Crippen LogP contribution is -2.12. The van der Waals surface area contributed by atoms with Crippen molar-refractivity contribution in [1.29, 1.82) is 0 Å². The minimum atomic E-state index is -3.72. The van der Waals surface area contributed by atoms with E-state index in [1.54, 1.807) is 23.6 Å². The third-order valence-electron chi connectivity index (χ3n) is 2.24. The molecule has 0 bridgehead atoms. The average Bonchev–Trinajstić information content (AvgIpc) is 2.57.